The molecule has 0 saturated heterocycles. The molecular formula is C17H16Cl2N2. The minimum Gasteiger partial charge on any atom is -0.343 e. The zero-order valence-corrected chi connectivity index (χ0v) is 13.0. The second-order valence-corrected chi connectivity index (χ2v) is 5.92. The topological polar surface area (TPSA) is 30.9 Å². The van der Waals surface area contributed by atoms with Gasteiger partial charge in [-0.15, -0.1) is 0 Å². The highest BCUT2D eigenvalue weighted by atomic mass is 35.5. The summed E-state index contributed by atoms with van der Waals surface area (Å²) in [4.78, 5) is 0. The molecule has 3 aromatic rings. The lowest BCUT2D eigenvalue weighted by atomic mass is 10.1. The van der Waals surface area contributed by atoms with Crippen LogP contribution in [0.2, 0.25) is 10.0 Å². The molecule has 0 atom stereocenters. The highest BCUT2D eigenvalue weighted by Gasteiger charge is 2.08. The third-order valence-corrected chi connectivity index (χ3v) is 4.23. The SMILES string of the molecule is NCCc1cccc2ccn(Cc3ccc(Cl)cc3Cl)c12. The Labute approximate surface area is 134 Å². The van der Waals surface area contributed by atoms with Crippen molar-refractivity contribution >= 4 is 34.1 Å². The molecule has 0 aliphatic rings. The summed E-state index contributed by atoms with van der Waals surface area (Å²) in [5, 5.41) is 2.58. The molecule has 0 amide bonds. The van der Waals surface area contributed by atoms with Crippen LogP contribution in [-0.4, -0.2) is 11.1 Å². The second kappa shape index (κ2) is 6.10. The van der Waals surface area contributed by atoms with Gasteiger partial charge < -0.3 is 10.3 Å². The van der Waals surface area contributed by atoms with Crippen molar-refractivity contribution < 1.29 is 0 Å². The molecule has 0 aliphatic heterocycles. The highest BCUT2D eigenvalue weighted by Crippen LogP contribution is 2.25. The van der Waals surface area contributed by atoms with E-state index in [9.17, 15) is 0 Å². The van der Waals surface area contributed by atoms with Gasteiger partial charge in [-0.1, -0.05) is 47.5 Å². The average Bonchev–Trinajstić information content (AvgIpc) is 2.87. The van der Waals surface area contributed by atoms with Gasteiger partial charge in [0.2, 0.25) is 0 Å². The zero-order valence-electron chi connectivity index (χ0n) is 11.5. The van der Waals surface area contributed by atoms with Crippen LogP contribution in [0.4, 0.5) is 0 Å². The Balaban J connectivity index is 2.04. The van der Waals surface area contributed by atoms with Gasteiger partial charge >= 0.3 is 0 Å². The molecule has 0 fully saturated rings. The van der Waals surface area contributed by atoms with E-state index in [4.69, 9.17) is 28.9 Å². The van der Waals surface area contributed by atoms with E-state index >= 15 is 0 Å². The molecule has 1 aromatic heterocycles. The van der Waals surface area contributed by atoms with Crippen LogP contribution < -0.4 is 5.73 Å². The summed E-state index contributed by atoms with van der Waals surface area (Å²) < 4.78 is 2.22. The Hall–Kier alpha value is -1.48. The minimum absolute atomic E-state index is 0.645. The third-order valence-electron chi connectivity index (χ3n) is 3.64. The first-order chi connectivity index (χ1) is 10.2. The first kappa shape index (κ1) is 14.5. The number of benzene rings is 2. The number of hydrogen-bond donors (Lipinski definition) is 1. The van der Waals surface area contributed by atoms with Crippen molar-refractivity contribution in [3.63, 3.8) is 0 Å². The second-order valence-electron chi connectivity index (χ2n) is 5.07. The standard InChI is InChI=1S/C17H16Cl2N2/c18-15-5-4-14(16(19)10-15)11-21-9-7-13-3-1-2-12(6-8-20)17(13)21/h1-5,7,9-10H,6,8,11,20H2. The fraction of sp³-hybridized carbons (Fsp3) is 0.176. The van der Waals surface area contributed by atoms with Gasteiger partial charge in [0.25, 0.3) is 0 Å². The fourth-order valence-corrected chi connectivity index (χ4v) is 3.13. The van der Waals surface area contributed by atoms with E-state index in [-0.39, 0.29) is 0 Å². The first-order valence-electron chi connectivity index (χ1n) is 6.90. The number of aromatic nitrogens is 1. The molecule has 4 heteroatoms. The average molecular weight is 319 g/mol. The van der Waals surface area contributed by atoms with Crippen LogP contribution in [0, 0.1) is 0 Å². The van der Waals surface area contributed by atoms with Crippen LogP contribution in [0.25, 0.3) is 10.9 Å². The van der Waals surface area contributed by atoms with Crippen molar-refractivity contribution in [1.82, 2.24) is 4.57 Å². The Morgan fingerprint density at radius 2 is 1.86 bits per heavy atom. The lowest BCUT2D eigenvalue weighted by Crippen LogP contribution is -2.06. The lowest BCUT2D eigenvalue weighted by molar-refractivity contribution is 0.828. The highest BCUT2D eigenvalue weighted by molar-refractivity contribution is 6.35. The quantitative estimate of drug-likeness (QED) is 0.754. The largest absolute Gasteiger partial charge is 0.343 e. The predicted octanol–water partition coefficient (Wildman–Crippen LogP) is 4.50. The van der Waals surface area contributed by atoms with Crippen molar-refractivity contribution in [1.29, 1.82) is 0 Å². The molecular weight excluding hydrogens is 303 g/mol. The van der Waals surface area contributed by atoms with Crippen LogP contribution in [-0.2, 0) is 13.0 Å². The van der Waals surface area contributed by atoms with Gasteiger partial charge in [0.05, 0.1) is 5.52 Å². The van der Waals surface area contributed by atoms with Gasteiger partial charge in [-0.2, -0.15) is 0 Å². The maximum atomic E-state index is 6.28. The van der Waals surface area contributed by atoms with E-state index in [0.29, 0.717) is 16.6 Å². The number of halogens is 2. The van der Waals surface area contributed by atoms with E-state index in [1.54, 1.807) is 6.07 Å². The molecule has 2 N–H and O–H groups in total. The van der Waals surface area contributed by atoms with Gasteiger partial charge in [0.15, 0.2) is 0 Å². The first-order valence-corrected chi connectivity index (χ1v) is 7.65. The molecule has 2 aromatic carbocycles. The smallest absolute Gasteiger partial charge is 0.0516 e. The monoisotopic (exact) mass is 318 g/mol. The molecule has 0 aliphatic carbocycles. The van der Waals surface area contributed by atoms with Crippen molar-refractivity contribution in [3.8, 4) is 0 Å². The molecule has 0 unspecified atom stereocenters. The Kier molecular flexibility index (Phi) is 4.20. The van der Waals surface area contributed by atoms with Crippen molar-refractivity contribution in [2.24, 2.45) is 5.73 Å². The summed E-state index contributed by atoms with van der Waals surface area (Å²) in [6, 6.07) is 14.1. The molecule has 1 heterocycles. The lowest BCUT2D eigenvalue weighted by Gasteiger charge is -2.11. The van der Waals surface area contributed by atoms with Gasteiger partial charge in [-0.3, -0.25) is 0 Å². The summed E-state index contributed by atoms with van der Waals surface area (Å²) in [5.41, 5.74) is 9.27. The van der Waals surface area contributed by atoms with Crippen LogP contribution in [0.3, 0.4) is 0 Å². The van der Waals surface area contributed by atoms with E-state index in [1.807, 2.05) is 12.1 Å². The predicted molar refractivity (Wildman–Crippen MR) is 90.3 cm³/mol. The van der Waals surface area contributed by atoms with Gasteiger partial charge in [-0.25, -0.2) is 0 Å². The molecule has 0 radical (unpaired) electrons. The molecule has 2 nitrogen and oxygen atoms in total. The molecule has 0 saturated carbocycles. The van der Waals surface area contributed by atoms with E-state index in [2.05, 4.69) is 35.0 Å². The summed E-state index contributed by atoms with van der Waals surface area (Å²) >= 11 is 12.2. The summed E-state index contributed by atoms with van der Waals surface area (Å²) in [7, 11) is 0. The number of fused-ring (bicyclic) bond motifs is 1. The number of nitrogens with two attached hydrogens (primary N) is 1. The molecule has 3 rings (SSSR count). The number of para-hydroxylation sites is 1. The summed E-state index contributed by atoms with van der Waals surface area (Å²) in [6.45, 7) is 1.37. The van der Waals surface area contributed by atoms with Gasteiger partial charge in [0.1, 0.15) is 0 Å². The number of nitrogens with zero attached hydrogens (tertiary/aromatic N) is 1. The molecule has 0 bridgehead atoms. The fourth-order valence-electron chi connectivity index (χ4n) is 2.66. The molecule has 108 valence electrons. The Morgan fingerprint density at radius 1 is 1.00 bits per heavy atom. The van der Waals surface area contributed by atoms with Crippen LogP contribution >= 0.6 is 23.2 Å². The van der Waals surface area contributed by atoms with Crippen LogP contribution in [0.1, 0.15) is 11.1 Å². The normalized spacial score (nSPS) is 11.2. The van der Waals surface area contributed by atoms with Crippen LogP contribution in [0.15, 0.2) is 48.7 Å². The maximum absolute atomic E-state index is 6.28. The van der Waals surface area contributed by atoms with E-state index in [1.165, 1.54) is 16.5 Å². The minimum atomic E-state index is 0.645. The Morgan fingerprint density at radius 3 is 2.62 bits per heavy atom. The van der Waals surface area contributed by atoms with Gasteiger partial charge in [-0.05, 0) is 47.7 Å². The third kappa shape index (κ3) is 2.93. The van der Waals surface area contributed by atoms with Crippen molar-refractivity contribution in [2.75, 3.05) is 6.54 Å². The maximum Gasteiger partial charge on any atom is 0.0516 e. The summed E-state index contributed by atoms with van der Waals surface area (Å²) in [5.74, 6) is 0. The number of hydrogen-bond acceptors (Lipinski definition) is 1. The van der Waals surface area contributed by atoms with Crippen molar-refractivity contribution in [2.45, 2.75) is 13.0 Å². The van der Waals surface area contributed by atoms with Crippen LogP contribution in [0.5, 0.6) is 0 Å². The summed E-state index contributed by atoms with van der Waals surface area (Å²) in [6.07, 6.45) is 2.96. The Bertz CT molecular complexity index is 778. The van der Waals surface area contributed by atoms with Gasteiger partial charge in [0, 0.05) is 22.8 Å². The number of rotatable bonds is 4. The van der Waals surface area contributed by atoms with E-state index < -0.39 is 0 Å². The van der Waals surface area contributed by atoms with E-state index in [0.717, 1.165) is 18.5 Å². The molecule has 21 heavy (non-hydrogen) atoms. The molecule has 0 spiro atoms. The van der Waals surface area contributed by atoms with Crippen molar-refractivity contribution in [3.05, 3.63) is 69.8 Å². The zero-order chi connectivity index (χ0) is 14.8.